The quantitative estimate of drug-likeness (QED) is 0.761. The molecule has 2 aromatic carbocycles. The maximum Gasteiger partial charge on any atom is 0.272 e. The van der Waals surface area contributed by atoms with Crippen LogP contribution in [-0.4, -0.2) is 33.2 Å². The Balaban J connectivity index is 1.90. The number of carbonyl (C=O) groups is 1. The van der Waals surface area contributed by atoms with E-state index in [0.717, 1.165) is 22.4 Å². The van der Waals surface area contributed by atoms with E-state index in [1.54, 1.807) is 30.1 Å². The molecule has 0 unspecified atom stereocenters. The number of aryl methyl sites for hydroxylation is 1. The second kappa shape index (κ2) is 5.23. The summed E-state index contributed by atoms with van der Waals surface area (Å²) in [6.07, 6.45) is 0. The van der Waals surface area contributed by atoms with E-state index in [1.807, 2.05) is 37.3 Å². The highest BCUT2D eigenvalue weighted by Gasteiger charge is 2.40. The maximum absolute atomic E-state index is 12.6. The predicted molar refractivity (Wildman–Crippen MR) is 90.8 cm³/mol. The average molecular weight is 319 g/mol. The van der Waals surface area contributed by atoms with E-state index in [2.05, 4.69) is 10.2 Å². The number of hydrogen-bond donors (Lipinski definition) is 2. The molecule has 0 radical (unpaired) electrons. The molecule has 4 rings (SSSR count). The minimum absolute atomic E-state index is 0.0933. The smallest absolute Gasteiger partial charge is 0.272 e. The zero-order chi connectivity index (χ0) is 16.8. The van der Waals surface area contributed by atoms with Crippen LogP contribution in [-0.2, 0) is 0 Å². The van der Waals surface area contributed by atoms with Crippen LogP contribution in [0.25, 0.3) is 11.3 Å². The Morgan fingerprint density at radius 1 is 1.17 bits per heavy atom. The van der Waals surface area contributed by atoms with Crippen LogP contribution < -0.4 is 0 Å². The first-order valence-corrected chi connectivity index (χ1v) is 7.77. The van der Waals surface area contributed by atoms with Gasteiger partial charge in [-0.25, -0.2) is 0 Å². The second-order valence-electron chi connectivity index (χ2n) is 6.14. The SMILES string of the molecule is Cc1ccc(-c2n[nH]c3c2[C@@H](c2cccc(O)c2)N(C)C3=O)cc1. The first-order chi connectivity index (χ1) is 11.6. The van der Waals surface area contributed by atoms with Crippen molar-refractivity contribution in [1.82, 2.24) is 15.1 Å². The summed E-state index contributed by atoms with van der Waals surface area (Å²) in [5.41, 5.74) is 5.14. The van der Waals surface area contributed by atoms with E-state index < -0.39 is 0 Å². The molecule has 0 saturated carbocycles. The standard InChI is InChI=1S/C19H17N3O2/c1-11-6-8-12(9-7-11)16-15-17(21-20-16)19(24)22(2)18(15)13-4-3-5-14(23)10-13/h3-10,18,23H,1-2H3,(H,20,21)/t18-/m1/s1. The molecule has 1 aliphatic rings. The number of rotatable bonds is 2. The van der Waals surface area contributed by atoms with E-state index >= 15 is 0 Å². The summed E-state index contributed by atoms with van der Waals surface area (Å²) in [5.74, 6) is 0.0892. The van der Waals surface area contributed by atoms with Crippen molar-refractivity contribution in [3.05, 3.63) is 70.9 Å². The number of aromatic amines is 1. The van der Waals surface area contributed by atoms with E-state index in [-0.39, 0.29) is 17.7 Å². The number of aromatic hydroxyl groups is 1. The van der Waals surface area contributed by atoms with Crippen molar-refractivity contribution in [3.8, 4) is 17.0 Å². The monoisotopic (exact) mass is 319 g/mol. The van der Waals surface area contributed by atoms with Crippen molar-refractivity contribution in [2.24, 2.45) is 0 Å². The lowest BCUT2D eigenvalue weighted by Crippen LogP contribution is -2.24. The molecule has 3 aromatic rings. The fraction of sp³-hybridized carbons (Fsp3) is 0.158. The number of benzene rings is 2. The maximum atomic E-state index is 12.6. The van der Waals surface area contributed by atoms with E-state index in [9.17, 15) is 9.90 Å². The van der Waals surface area contributed by atoms with Gasteiger partial charge in [-0.3, -0.25) is 9.89 Å². The first kappa shape index (κ1) is 14.5. The van der Waals surface area contributed by atoms with Crippen molar-refractivity contribution >= 4 is 5.91 Å². The topological polar surface area (TPSA) is 69.2 Å². The van der Waals surface area contributed by atoms with Gasteiger partial charge in [0, 0.05) is 18.2 Å². The van der Waals surface area contributed by atoms with Crippen LogP contribution in [0.1, 0.15) is 33.2 Å². The molecule has 120 valence electrons. The number of nitrogens with zero attached hydrogens (tertiary/aromatic N) is 2. The van der Waals surface area contributed by atoms with Gasteiger partial charge in [0.05, 0.1) is 11.7 Å². The van der Waals surface area contributed by atoms with Crippen LogP contribution in [0.15, 0.2) is 48.5 Å². The molecule has 1 aromatic heterocycles. The van der Waals surface area contributed by atoms with Gasteiger partial charge in [0.25, 0.3) is 5.91 Å². The van der Waals surface area contributed by atoms with Crippen LogP contribution in [0.3, 0.4) is 0 Å². The van der Waals surface area contributed by atoms with Gasteiger partial charge in [0.15, 0.2) is 0 Å². The second-order valence-corrected chi connectivity index (χ2v) is 6.14. The summed E-state index contributed by atoms with van der Waals surface area (Å²) in [6.45, 7) is 2.03. The lowest BCUT2D eigenvalue weighted by molar-refractivity contribution is 0.0787. The summed E-state index contributed by atoms with van der Waals surface area (Å²) in [6, 6.07) is 14.8. The average Bonchev–Trinajstić information content (AvgIpc) is 3.09. The molecule has 1 aliphatic heterocycles. The van der Waals surface area contributed by atoms with Crippen molar-refractivity contribution in [2.75, 3.05) is 7.05 Å². The van der Waals surface area contributed by atoms with Gasteiger partial charge in [-0.2, -0.15) is 5.10 Å². The van der Waals surface area contributed by atoms with Gasteiger partial charge in [0.2, 0.25) is 0 Å². The molecule has 0 aliphatic carbocycles. The highest BCUT2D eigenvalue weighted by Crippen LogP contribution is 2.42. The van der Waals surface area contributed by atoms with Crippen molar-refractivity contribution in [2.45, 2.75) is 13.0 Å². The molecule has 1 amide bonds. The van der Waals surface area contributed by atoms with Crippen LogP contribution in [0.5, 0.6) is 5.75 Å². The summed E-state index contributed by atoms with van der Waals surface area (Å²) in [7, 11) is 1.77. The molecule has 2 N–H and O–H groups in total. The summed E-state index contributed by atoms with van der Waals surface area (Å²) in [4.78, 5) is 14.2. The van der Waals surface area contributed by atoms with Gasteiger partial charge in [0.1, 0.15) is 11.4 Å². The fourth-order valence-electron chi connectivity index (χ4n) is 3.28. The Hall–Kier alpha value is -3.08. The Bertz CT molecular complexity index is 928. The molecule has 1 atom stereocenters. The number of H-pyrrole nitrogens is 1. The number of fused-ring (bicyclic) bond motifs is 1. The molecular formula is C19H17N3O2. The minimum atomic E-state index is -0.269. The fourth-order valence-corrected chi connectivity index (χ4v) is 3.28. The van der Waals surface area contributed by atoms with Crippen LogP contribution in [0.2, 0.25) is 0 Å². The molecular weight excluding hydrogens is 302 g/mol. The zero-order valence-corrected chi connectivity index (χ0v) is 13.4. The third-order valence-electron chi connectivity index (χ3n) is 4.51. The third kappa shape index (κ3) is 2.09. The van der Waals surface area contributed by atoms with Crippen LogP contribution in [0, 0.1) is 6.92 Å². The normalized spacial score (nSPS) is 16.5. The lowest BCUT2D eigenvalue weighted by Gasteiger charge is -2.22. The van der Waals surface area contributed by atoms with Gasteiger partial charge >= 0.3 is 0 Å². The zero-order valence-electron chi connectivity index (χ0n) is 13.4. The van der Waals surface area contributed by atoms with Crippen molar-refractivity contribution in [1.29, 1.82) is 0 Å². The number of hydrogen-bond acceptors (Lipinski definition) is 3. The number of amides is 1. The van der Waals surface area contributed by atoms with Gasteiger partial charge < -0.3 is 10.0 Å². The van der Waals surface area contributed by atoms with Crippen molar-refractivity contribution < 1.29 is 9.90 Å². The highest BCUT2D eigenvalue weighted by molar-refractivity contribution is 6.00. The predicted octanol–water partition coefficient (Wildman–Crippen LogP) is 3.27. The summed E-state index contributed by atoms with van der Waals surface area (Å²) >= 11 is 0. The summed E-state index contributed by atoms with van der Waals surface area (Å²) < 4.78 is 0. The third-order valence-corrected chi connectivity index (χ3v) is 4.51. The number of carbonyl (C=O) groups excluding carboxylic acids is 1. The van der Waals surface area contributed by atoms with E-state index in [4.69, 9.17) is 0 Å². The van der Waals surface area contributed by atoms with E-state index in [0.29, 0.717) is 5.69 Å². The highest BCUT2D eigenvalue weighted by atomic mass is 16.3. The van der Waals surface area contributed by atoms with Crippen molar-refractivity contribution in [3.63, 3.8) is 0 Å². The largest absolute Gasteiger partial charge is 0.508 e. The lowest BCUT2D eigenvalue weighted by atomic mass is 9.96. The molecule has 0 saturated heterocycles. The van der Waals surface area contributed by atoms with Gasteiger partial charge in [-0.1, -0.05) is 42.0 Å². The minimum Gasteiger partial charge on any atom is -0.508 e. The van der Waals surface area contributed by atoms with E-state index in [1.165, 1.54) is 5.56 Å². The van der Waals surface area contributed by atoms with Crippen LogP contribution in [0.4, 0.5) is 0 Å². The molecule has 0 spiro atoms. The first-order valence-electron chi connectivity index (χ1n) is 7.77. The van der Waals surface area contributed by atoms with Gasteiger partial charge in [-0.15, -0.1) is 0 Å². The number of phenols is 1. The molecule has 24 heavy (non-hydrogen) atoms. The Kier molecular flexibility index (Phi) is 3.16. The number of nitrogens with one attached hydrogen (secondary N) is 1. The molecule has 0 fully saturated rings. The Morgan fingerprint density at radius 2 is 1.92 bits per heavy atom. The molecule has 2 heterocycles. The van der Waals surface area contributed by atoms with Crippen LogP contribution >= 0.6 is 0 Å². The molecule has 0 bridgehead atoms. The molecule has 5 heteroatoms. The Labute approximate surface area is 139 Å². The number of aromatic nitrogens is 2. The number of phenolic OH excluding ortho intramolecular Hbond substituents is 1. The molecule has 5 nitrogen and oxygen atoms in total. The summed E-state index contributed by atoms with van der Waals surface area (Å²) in [5, 5.41) is 17.1. The van der Waals surface area contributed by atoms with Gasteiger partial charge in [-0.05, 0) is 24.6 Å². The Morgan fingerprint density at radius 3 is 2.62 bits per heavy atom.